The van der Waals surface area contributed by atoms with Crippen molar-refractivity contribution in [1.29, 1.82) is 0 Å². The molecule has 1 aromatic heterocycles. The molecule has 1 atom stereocenters. The number of hydrogen-bond donors (Lipinski definition) is 1. The van der Waals surface area contributed by atoms with Gasteiger partial charge >= 0.3 is 0 Å². The van der Waals surface area contributed by atoms with Crippen LogP contribution in [0.3, 0.4) is 0 Å². The van der Waals surface area contributed by atoms with Crippen molar-refractivity contribution >= 4 is 0 Å². The summed E-state index contributed by atoms with van der Waals surface area (Å²) in [5, 5.41) is 0. The third-order valence-electron chi connectivity index (χ3n) is 3.12. The predicted octanol–water partition coefficient (Wildman–Crippen LogP) is 2.21. The van der Waals surface area contributed by atoms with Crippen molar-refractivity contribution in [3.63, 3.8) is 0 Å². The molecule has 0 radical (unpaired) electrons. The van der Waals surface area contributed by atoms with Crippen molar-refractivity contribution in [2.75, 3.05) is 0 Å². The minimum Gasteiger partial charge on any atom is -0.335 e. The van der Waals surface area contributed by atoms with Gasteiger partial charge in [0, 0.05) is 30.9 Å². The molecule has 15 heavy (non-hydrogen) atoms. The van der Waals surface area contributed by atoms with Gasteiger partial charge in [0.25, 0.3) is 0 Å². The van der Waals surface area contributed by atoms with Gasteiger partial charge in [0.15, 0.2) is 0 Å². The first kappa shape index (κ1) is 12.2. The van der Waals surface area contributed by atoms with E-state index in [0.717, 1.165) is 25.2 Å². The van der Waals surface area contributed by atoms with E-state index in [2.05, 4.69) is 37.2 Å². The zero-order chi connectivity index (χ0) is 11.5. The highest BCUT2D eigenvalue weighted by Gasteiger charge is 2.25. The van der Waals surface area contributed by atoms with Crippen LogP contribution in [0.5, 0.6) is 0 Å². The monoisotopic (exact) mass is 209 g/mol. The Kier molecular flexibility index (Phi) is 3.91. The van der Waals surface area contributed by atoms with Gasteiger partial charge in [-0.05, 0) is 19.3 Å². The van der Waals surface area contributed by atoms with Gasteiger partial charge in [-0.25, -0.2) is 4.98 Å². The predicted molar refractivity (Wildman–Crippen MR) is 63.7 cm³/mol. The molecule has 0 saturated carbocycles. The molecule has 86 valence electrons. The van der Waals surface area contributed by atoms with Gasteiger partial charge in [0.05, 0.1) is 0 Å². The zero-order valence-corrected chi connectivity index (χ0v) is 10.3. The molecule has 1 aromatic rings. The maximum absolute atomic E-state index is 6.26. The second kappa shape index (κ2) is 4.79. The fourth-order valence-electron chi connectivity index (χ4n) is 1.50. The van der Waals surface area contributed by atoms with Crippen molar-refractivity contribution in [3.8, 4) is 0 Å². The Labute approximate surface area is 92.7 Å². The Morgan fingerprint density at radius 2 is 2.20 bits per heavy atom. The Morgan fingerprint density at radius 1 is 1.53 bits per heavy atom. The minimum absolute atomic E-state index is 0.170. The first-order valence-electron chi connectivity index (χ1n) is 5.76. The molecule has 3 nitrogen and oxygen atoms in total. The van der Waals surface area contributed by atoms with Crippen LogP contribution in [0.15, 0.2) is 12.4 Å². The lowest BCUT2D eigenvalue weighted by Gasteiger charge is -2.29. The van der Waals surface area contributed by atoms with Gasteiger partial charge in [0.2, 0.25) is 0 Å². The zero-order valence-electron chi connectivity index (χ0n) is 10.3. The summed E-state index contributed by atoms with van der Waals surface area (Å²) in [5.74, 6) is 1.57. The maximum Gasteiger partial charge on any atom is 0.110 e. The van der Waals surface area contributed by atoms with E-state index in [1.807, 2.05) is 12.4 Å². The number of nitrogens with zero attached hydrogens (tertiary/aromatic N) is 2. The Morgan fingerprint density at radius 3 is 2.73 bits per heavy atom. The number of aromatic nitrogens is 2. The standard InChI is InChI=1S/C12H23N3/c1-5-7-15-8-6-14-11(15)9-12(4,13)10(2)3/h6,8,10H,5,7,9,13H2,1-4H3. The average Bonchev–Trinajstić information content (AvgIpc) is 2.52. The second-order valence-corrected chi connectivity index (χ2v) is 4.87. The summed E-state index contributed by atoms with van der Waals surface area (Å²) in [5.41, 5.74) is 6.09. The summed E-state index contributed by atoms with van der Waals surface area (Å²) in [6, 6.07) is 0. The normalized spacial score (nSPS) is 15.6. The van der Waals surface area contributed by atoms with Crippen LogP contribution in [0, 0.1) is 5.92 Å². The molecule has 1 unspecified atom stereocenters. The molecule has 0 saturated heterocycles. The molecule has 0 aliphatic heterocycles. The summed E-state index contributed by atoms with van der Waals surface area (Å²) in [7, 11) is 0. The molecule has 0 aromatic carbocycles. The van der Waals surface area contributed by atoms with Crippen LogP contribution in [-0.4, -0.2) is 15.1 Å². The minimum atomic E-state index is -0.170. The van der Waals surface area contributed by atoms with Crippen LogP contribution in [0.4, 0.5) is 0 Å². The van der Waals surface area contributed by atoms with Gasteiger partial charge < -0.3 is 10.3 Å². The van der Waals surface area contributed by atoms with Crippen molar-refractivity contribution in [2.24, 2.45) is 11.7 Å². The third-order valence-corrected chi connectivity index (χ3v) is 3.12. The molecule has 1 heterocycles. The molecule has 0 fully saturated rings. The summed E-state index contributed by atoms with van der Waals surface area (Å²) in [6.45, 7) is 9.63. The fourth-order valence-corrected chi connectivity index (χ4v) is 1.50. The highest BCUT2D eigenvalue weighted by molar-refractivity contribution is 5.00. The number of rotatable bonds is 5. The van der Waals surface area contributed by atoms with E-state index in [-0.39, 0.29) is 5.54 Å². The SMILES string of the molecule is CCCn1ccnc1CC(C)(N)C(C)C. The summed E-state index contributed by atoms with van der Waals surface area (Å²) >= 11 is 0. The van der Waals surface area contributed by atoms with Gasteiger partial charge in [-0.1, -0.05) is 20.8 Å². The van der Waals surface area contributed by atoms with Crippen molar-refractivity contribution < 1.29 is 0 Å². The van der Waals surface area contributed by atoms with Crippen LogP contribution in [0.2, 0.25) is 0 Å². The molecule has 0 aliphatic carbocycles. The Balaban J connectivity index is 2.75. The molecule has 0 amide bonds. The fraction of sp³-hybridized carbons (Fsp3) is 0.750. The van der Waals surface area contributed by atoms with Crippen molar-refractivity contribution in [3.05, 3.63) is 18.2 Å². The highest BCUT2D eigenvalue weighted by Crippen LogP contribution is 2.18. The van der Waals surface area contributed by atoms with E-state index in [9.17, 15) is 0 Å². The average molecular weight is 209 g/mol. The molecule has 0 bridgehead atoms. The molecule has 3 heteroatoms. The molecular formula is C12H23N3. The molecular weight excluding hydrogens is 186 g/mol. The molecule has 0 spiro atoms. The van der Waals surface area contributed by atoms with Crippen LogP contribution < -0.4 is 5.73 Å². The van der Waals surface area contributed by atoms with Crippen LogP contribution in [0.25, 0.3) is 0 Å². The van der Waals surface area contributed by atoms with Crippen LogP contribution in [-0.2, 0) is 13.0 Å². The molecule has 0 aliphatic rings. The summed E-state index contributed by atoms with van der Waals surface area (Å²) in [6.07, 6.45) is 5.88. The van der Waals surface area contributed by atoms with Crippen molar-refractivity contribution in [2.45, 2.75) is 52.6 Å². The van der Waals surface area contributed by atoms with E-state index in [0.29, 0.717) is 5.92 Å². The number of aryl methyl sites for hydroxylation is 1. The second-order valence-electron chi connectivity index (χ2n) is 4.87. The van der Waals surface area contributed by atoms with Gasteiger partial charge in [-0.3, -0.25) is 0 Å². The van der Waals surface area contributed by atoms with E-state index in [1.54, 1.807) is 0 Å². The smallest absolute Gasteiger partial charge is 0.110 e. The van der Waals surface area contributed by atoms with Gasteiger partial charge in [-0.15, -0.1) is 0 Å². The molecule has 2 N–H and O–H groups in total. The maximum atomic E-state index is 6.26. The molecule has 1 rings (SSSR count). The number of hydrogen-bond acceptors (Lipinski definition) is 2. The lowest BCUT2D eigenvalue weighted by molar-refractivity contribution is 0.327. The number of imidazole rings is 1. The lowest BCUT2D eigenvalue weighted by Crippen LogP contribution is -2.44. The Bertz CT molecular complexity index is 300. The van der Waals surface area contributed by atoms with E-state index >= 15 is 0 Å². The van der Waals surface area contributed by atoms with E-state index in [4.69, 9.17) is 5.73 Å². The summed E-state index contributed by atoms with van der Waals surface area (Å²) < 4.78 is 2.20. The van der Waals surface area contributed by atoms with E-state index < -0.39 is 0 Å². The van der Waals surface area contributed by atoms with Crippen molar-refractivity contribution in [1.82, 2.24) is 9.55 Å². The number of nitrogens with two attached hydrogens (primary N) is 1. The van der Waals surface area contributed by atoms with Crippen LogP contribution >= 0.6 is 0 Å². The van der Waals surface area contributed by atoms with E-state index in [1.165, 1.54) is 0 Å². The van der Waals surface area contributed by atoms with Crippen LogP contribution in [0.1, 0.15) is 39.9 Å². The van der Waals surface area contributed by atoms with Gasteiger partial charge in [-0.2, -0.15) is 0 Å². The first-order valence-corrected chi connectivity index (χ1v) is 5.76. The highest BCUT2D eigenvalue weighted by atomic mass is 15.1. The topological polar surface area (TPSA) is 43.8 Å². The first-order chi connectivity index (χ1) is 6.97. The quantitative estimate of drug-likeness (QED) is 0.808. The third kappa shape index (κ3) is 3.06. The largest absolute Gasteiger partial charge is 0.335 e. The van der Waals surface area contributed by atoms with Gasteiger partial charge in [0.1, 0.15) is 5.82 Å². The lowest BCUT2D eigenvalue weighted by atomic mass is 9.86. The Hall–Kier alpha value is -0.830. The summed E-state index contributed by atoms with van der Waals surface area (Å²) in [4.78, 5) is 4.39.